The van der Waals surface area contributed by atoms with Crippen molar-refractivity contribution in [1.29, 1.82) is 0 Å². The molecule has 3 aromatic heterocycles. The summed E-state index contributed by atoms with van der Waals surface area (Å²) in [6.07, 6.45) is 0. The number of hydrogen-bond acceptors (Lipinski definition) is 4. The molecule has 0 atom stereocenters. The number of para-hydroxylation sites is 1. The van der Waals surface area contributed by atoms with Crippen LogP contribution in [0.15, 0.2) is 60.0 Å². The fourth-order valence-corrected chi connectivity index (χ4v) is 3.73. The molecule has 0 aliphatic rings. The summed E-state index contributed by atoms with van der Waals surface area (Å²) in [7, 11) is 0. The molecule has 7 heteroatoms. The molecule has 27 heavy (non-hydrogen) atoms. The summed E-state index contributed by atoms with van der Waals surface area (Å²) in [5.74, 6) is 0.568. The van der Waals surface area contributed by atoms with Gasteiger partial charge in [-0.3, -0.25) is 9.89 Å². The molecule has 0 bridgehead atoms. The Bertz CT molecular complexity index is 1250. The Morgan fingerprint density at radius 1 is 1.07 bits per heavy atom. The fraction of sp³-hybridized carbons (Fsp3) is 0.0500. The molecule has 0 unspecified atom stereocenters. The van der Waals surface area contributed by atoms with E-state index in [0.717, 1.165) is 32.5 Å². The van der Waals surface area contributed by atoms with Crippen molar-refractivity contribution in [3.63, 3.8) is 0 Å². The van der Waals surface area contributed by atoms with Crippen LogP contribution in [0.5, 0.6) is 0 Å². The predicted octanol–water partition coefficient (Wildman–Crippen LogP) is 4.10. The Labute approximate surface area is 158 Å². The maximum Gasteiger partial charge on any atom is 0.251 e. The smallest absolute Gasteiger partial charge is 0.251 e. The summed E-state index contributed by atoms with van der Waals surface area (Å²) in [4.78, 5) is 21.5. The van der Waals surface area contributed by atoms with Crippen LogP contribution in [-0.2, 0) is 6.54 Å². The normalized spacial score (nSPS) is 11.3. The molecule has 6 nitrogen and oxygen atoms in total. The van der Waals surface area contributed by atoms with Gasteiger partial charge in [-0.25, -0.2) is 4.98 Å². The number of rotatable bonds is 4. The molecular weight excluding hydrogens is 358 g/mol. The third-order valence-electron chi connectivity index (χ3n) is 4.44. The van der Waals surface area contributed by atoms with Crippen molar-refractivity contribution in [1.82, 2.24) is 25.5 Å². The van der Waals surface area contributed by atoms with Gasteiger partial charge in [-0.2, -0.15) is 5.10 Å². The molecular formula is C20H15N5OS. The van der Waals surface area contributed by atoms with Gasteiger partial charge < -0.3 is 10.3 Å². The van der Waals surface area contributed by atoms with E-state index in [1.165, 1.54) is 0 Å². The molecule has 0 saturated heterocycles. The third kappa shape index (κ3) is 2.88. The van der Waals surface area contributed by atoms with E-state index in [-0.39, 0.29) is 5.91 Å². The summed E-state index contributed by atoms with van der Waals surface area (Å²) in [5.41, 5.74) is 3.92. The zero-order valence-electron chi connectivity index (χ0n) is 14.2. The summed E-state index contributed by atoms with van der Waals surface area (Å²) in [6, 6.07) is 17.4. The van der Waals surface area contributed by atoms with Crippen molar-refractivity contribution in [3.8, 4) is 11.5 Å². The first-order valence-electron chi connectivity index (χ1n) is 8.52. The van der Waals surface area contributed by atoms with Gasteiger partial charge >= 0.3 is 0 Å². The van der Waals surface area contributed by atoms with Crippen molar-refractivity contribution in [2.24, 2.45) is 0 Å². The molecule has 0 spiro atoms. The molecule has 2 aromatic carbocycles. The van der Waals surface area contributed by atoms with Gasteiger partial charge in [0.15, 0.2) is 5.82 Å². The van der Waals surface area contributed by atoms with Gasteiger partial charge in [-0.15, -0.1) is 11.3 Å². The molecule has 5 rings (SSSR count). The number of nitrogens with zero attached hydrogens (tertiary/aromatic N) is 2. The van der Waals surface area contributed by atoms with Crippen molar-refractivity contribution >= 4 is 39.2 Å². The van der Waals surface area contributed by atoms with Crippen molar-refractivity contribution in [3.05, 3.63) is 70.4 Å². The van der Waals surface area contributed by atoms with Crippen LogP contribution in [0.1, 0.15) is 15.2 Å². The number of nitrogens with one attached hydrogen (secondary N) is 3. The average molecular weight is 373 g/mol. The minimum Gasteiger partial charge on any atom is -0.347 e. The Hall–Kier alpha value is -3.45. The highest BCUT2D eigenvalue weighted by atomic mass is 32.1. The topological polar surface area (TPSA) is 86.5 Å². The van der Waals surface area contributed by atoms with Crippen LogP contribution in [0.4, 0.5) is 0 Å². The minimum absolute atomic E-state index is 0.111. The molecule has 0 aliphatic carbocycles. The second-order valence-corrected chi connectivity index (χ2v) is 7.23. The standard InChI is InChI=1S/C20H15N5OS/c26-20(21-11-13-4-3-9-27-13)12-7-8-16-17(10-12)23-19(22-16)18-14-5-1-2-6-15(14)24-25-18/h1-10H,11H2,(H,21,26)(H,22,23)(H,24,25). The van der Waals surface area contributed by atoms with Crippen LogP contribution in [0.2, 0.25) is 0 Å². The van der Waals surface area contributed by atoms with E-state index < -0.39 is 0 Å². The molecule has 0 radical (unpaired) electrons. The zero-order valence-corrected chi connectivity index (χ0v) is 15.0. The predicted molar refractivity (Wildman–Crippen MR) is 107 cm³/mol. The number of aromatic nitrogens is 4. The van der Waals surface area contributed by atoms with Crippen molar-refractivity contribution in [2.45, 2.75) is 6.54 Å². The summed E-state index contributed by atoms with van der Waals surface area (Å²) in [5, 5.41) is 13.3. The van der Waals surface area contributed by atoms with Crippen LogP contribution in [0.3, 0.4) is 0 Å². The van der Waals surface area contributed by atoms with Crippen LogP contribution < -0.4 is 5.32 Å². The van der Waals surface area contributed by atoms with Crippen LogP contribution in [-0.4, -0.2) is 26.1 Å². The lowest BCUT2D eigenvalue weighted by atomic mass is 10.2. The highest BCUT2D eigenvalue weighted by Gasteiger charge is 2.14. The zero-order chi connectivity index (χ0) is 18.2. The monoisotopic (exact) mass is 373 g/mol. The lowest BCUT2D eigenvalue weighted by molar-refractivity contribution is 0.0951. The van der Waals surface area contributed by atoms with Crippen LogP contribution in [0.25, 0.3) is 33.5 Å². The highest BCUT2D eigenvalue weighted by molar-refractivity contribution is 7.09. The highest BCUT2D eigenvalue weighted by Crippen LogP contribution is 2.26. The second kappa shape index (κ2) is 6.37. The number of amides is 1. The molecule has 0 saturated carbocycles. The number of carbonyl (C=O) groups excluding carboxylic acids is 1. The quantitative estimate of drug-likeness (QED) is 0.443. The third-order valence-corrected chi connectivity index (χ3v) is 5.32. The molecule has 5 aromatic rings. The Morgan fingerprint density at radius 3 is 2.89 bits per heavy atom. The van der Waals surface area contributed by atoms with Gasteiger partial charge in [0, 0.05) is 15.8 Å². The van der Waals surface area contributed by atoms with E-state index in [0.29, 0.717) is 17.9 Å². The number of thiophene rings is 1. The lowest BCUT2D eigenvalue weighted by Crippen LogP contribution is -2.22. The number of fused-ring (bicyclic) bond motifs is 2. The van der Waals surface area contributed by atoms with Crippen molar-refractivity contribution in [2.75, 3.05) is 0 Å². The van der Waals surface area contributed by atoms with E-state index in [4.69, 9.17) is 0 Å². The number of aromatic amines is 2. The fourth-order valence-electron chi connectivity index (χ4n) is 3.09. The molecule has 132 valence electrons. The Balaban J connectivity index is 1.45. The number of benzene rings is 2. The van der Waals surface area contributed by atoms with Gasteiger partial charge in [-0.1, -0.05) is 24.3 Å². The number of hydrogen-bond donors (Lipinski definition) is 3. The van der Waals surface area contributed by atoms with Crippen molar-refractivity contribution < 1.29 is 4.79 Å². The van der Waals surface area contributed by atoms with E-state index in [1.807, 2.05) is 47.8 Å². The molecule has 1 amide bonds. The molecule has 0 aliphatic heterocycles. The minimum atomic E-state index is -0.111. The second-order valence-electron chi connectivity index (χ2n) is 6.20. The van der Waals surface area contributed by atoms with Gasteiger partial charge in [0.25, 0.3) is 5.91 Å². The van der Waals surface area contributed by atoms with Crippen LogP contribution >= 0.6 is 11.3 Å². The number of carbonyl (C=O) groups is 1. The first-order valence-corrected chi connectivity index (χ1v) is 9.40. The van der Waals surface area contributed by atoms with Gasteiger partial charge in [0.05, 0.1) is 23.1 Å². The van der Waals surface area contributed by atoms with Crippen LogP contribution in [0, 0.1) is 0 Å². The van der Waals surface area contributed by atoms with Gasteiger partial charge in [-0.05, 0) is 35.7 Å². The first kappa shape index (κ1) is 15.8. The molecule has 0 fully saturated rings. The van der Waals surface area contributed by atoms with Gasteiger partial charge in [0.1, 0.15) is 5.69 Å². The summed E-state index contributed by atoms with van der Waals surface area (Å²) in [6.45, 7) is 0.527. The largest absolute Gasteiger partial charge is 0.347 e. The Morgan fingerprint density at radius 2 is 2.00 bits per heavy atom. The SMILES string of the molecule is O=C(NCc1cccs1)c1ccc2[nH]c(-c3n[nH]c4ccccc34)nc2c1. The lowest BCUT2D eigenvalue weighted by Gasteiger charge is -2.03. The first-order chi connectivity index (χ1) is 13.3. The summed E-state index contributed by atoms with van der Waals surface area (Å²) >= 11 is 1.62. The number of H-pyrrole nitrogens is 2. The Kier molecular flexibility index (Phi) is 3.72. The molecule has 3 N–H and O–H groups in total. The van der Waals surface area contributed by atoms with Gasteiger partial charge in [0.2, 0.25) is 0 Å². The van der Waals surface area contributed by atoms with E-state index in [1.54, 1.807) is 23.5 Å². The van der Waals surface area contributed by atoms with E-state index in [9.17, 15) is 4.79 Å². The summed E-state index contributed by atoms with van der Waals surface area (Å²) < 4.78 is 0. The maximum atomic E-state index is 12.4. The van der Waals surface area contributed by atoms with E-state index >= 15 is 0 Å². The maximum absolute atomic E-state index is 12.4. The van der Waals surface area contributed by atoms with E-state index in [2.05, 4.69) is 25.5 Å². The number of imidazole rings is 1. The average Bonchev–Trinajstić information content (AvgIpc) is 3.43. The molecule has 3 heterocycles.